The SMILES string of the molecule is CCOC(=O)CN(Cc1ccccc1)C(=O)[C@@H](O)[C@@H]1C(=O)N2[C@@H]1SC(C)(C)[C@@H]2C(=O)O. The molecule has 1 aromatic carbocycles. The number of hydrogen-bond acceptors (Lipinski definition) is 7. The quantitative estimate of drug-likeness (QED) is 0.438. The van der Waals surface area contributed by atoms with Gasteiger partial charge < -0.3 is 24.7 Å². The molecule has 1 aromatic rings. The van der Waals surface area contributed by atoms with Gasteiger partial charge in [-0.15, -0.1) is 11.8 Å². The number of amides is 2. The van der Waals surface area contributed by atoms with E-state index in [-0.39, 0.29) is 19.7 Å². The summed E-state index contributed by atoms with van der Waals surface area (Å²) in [5.74, 6) is -4.16. The lowest BCUT2D eigenvalue weighted by Crippen LogP contribution is -2.67. The van der Waals surface area contributed by atoms with Crippen molar-refractivity contribution in [3.05, 3.63) is 35.9 Å². The van der Waals surface area contributed by atoms with E-state index in [9.17, 15) is 29.4 Å². The van der Waals surface area contributed by atoms with Gasteiger partial charge in [0.15, 0.2) is 0 Å². The molecule has 2 aliphatic rings. The standard InChI is InChI=1S/C21H26N2O7S/c1-4-30-13(24)11-22(10-12-8-6-5-7-9-12)18(27)15(25)14-17(26)23-16(20(28)29)21(2,3)31-19(14)23/h5-9,14-16,19,25H,4,10-11H2,1-3H3,(H,28,29)/t14-,15+,16+,19-/m1/s1. The van der Waals surface area contributed by atoms with Crippen molar-refractivity contribution >= 4 is 35.5 Å². The highest BCUT2D eigenvalue weighted by molar-refractivity contribution is 8.01. The van der Waals surface area contributed by atoms with Gasteiger partial charge in [0.1, 0.15) is 24.6 Å². The molecule has 0 aromatic heterocycles. The maximum Gasteiger partial charge on any atom is 0.327 e. The third-order valence-electron chi connectivity index (χ3n) is 5.46. The maximum absolute atomic E-state index is 13.1. The Morgan fingerprint density at radius 1 is 1.26 bits per heavy atom. The molecule has 0 bridgehead atoms. The molecule has 0 spiro atoms. The number of carbonyl (C=O) groups is 4. The number of aliphatic hydroxyl groups is 1. The molecule has 0 saturated carbocycles. The second kappa shape index (κ2) is 8.88. The molecular formula is C21H26N2O7S. The van der Waals surface area contributed by atoms with Gasteiger partial charge in [-0.25, -0.2) is 4.79 Å². The summed E-state index contributed by atoms with van der Waals surface area (Å²) in [5.41, 5.74) is 0.747. The third kappa shape index (κ3) is 4.40. The van der Waals surface area contributed by atoms with Crippen molar-refractivity contribution in [3.63, 3.8) is 0 Å². The molecule has 3 rings (SSSR count). The van der Waals surface area contributed by atoms with Crippen molar-refractivity contribution in [1.82, 2.24) is 9.80 Å². The molecule has 0 radical (unpaired) electrons. The molecule has 2 heterocycles. The summed E-state index contributed by atoms with van der Waals surface area (Å²) >= 11 is 1.25. The number of thioether (sulfide) groups is 1. The minimum absolute atomic E-state index is 0.0568. The van der Waals surface area contributed by atoms with Gasteiger partial charge in [0.2, 0.25) is 5.91 Å². The van der Waals surface area contributed by atoms with E-state index in [1.165, 1.54) is 16.7 Å². The van der Waals surface area contributed by atoms with E-state index in [0.29, 0.717) is 0 Å². The molecular weight excluding hydrogens is 424 g/mol. The maximum atomic E-state index is 13.1. The van der Waals surface area contributed by atoms with Crippen LogP contribution >= 0.6 is 11.8 Å². The van der Waals surface area contributed by atoms with E-state index in [4.69, 9.17) is 4.74 Å². The first-order chi connectivity index (χ1) is 14.6. The fourth-order valence-corrected chi connectivity index (χ4v) is 5.77. The van der Waals surface area contributed by atoms with Crippen molar-refractivity contribution < 1.29 is 34.1 Å². The first kappa shape index (κ1) is 23.1. The summed E-state index contributed by atoms with van der Waals surface area (Å²) in [4.78, 5) is 51.9. The number of aliphatic hydroxyl groups excluding tert-OH is 1. The number of nitrogens with zero attached hydrogens (tertiary/aromatic N) is 2. The number of esters is 1. The summed E-state index contributed by atoms with van der Waals surface area (Å²) in [7, 11) is 0. The highest BCUT2D eigenvalue weighted by Crippen LogP contribution is 2.54. The van der Waals surface area contributed by atoms with Crippen LogP contribution in [0, 0.1) is 5.92 Å². The number of carboxylic acids is 1. The first-order valence-corrected chi connectivity index (χ1v) is 10.9. The Balaban J connectivity index is 1.79. The topological polar surface area (TPSA) is 124 Å². The van der Waals surface area contributed by atoms with Gasteiger partial charge >= 0.3 is 11.9 Å². The third-order valence-corrected chi connectivity index (χ3v) is 7.06. The summed E-state index contributed by atoms with van der Waals surface area (Å²) in [6.45, 7) is 4.92. The second-order valence-corrected chi connectivity index (χ2v) is 9.82. The highest BCUT2D eigenvalue weighted by Gasteiger charge is 2.66. The fraction of sp³-hybridized carbons (Fsp3) is 0.524. The van der Waals surface area contributed by atoms with Crippen LogP contribution in [0.5, 0.6) is 0 Å². The predicted octanol–water partition coefficient (Wildman–Crippen LogP) is 0.702. The van der Waals surface area contributed by atoms with Crippen LogP contribution in [-0.2, 0) is 30.5 Å². The first-order valence-electron chi connectivity index (χ1n) is 9.97. The number of β-lactam (4-membered cyclic amide) rings is 1. The van der Waals surface area contributed by atoms with Crippen molar-refractivity contribution in [2.24, 2.45) is 5.92 Å². The summed E-state index contributed by atoms with van der Waals surface area (Å²) in [6.07, 6.45) is -1.69. The van der Waals surface area contributed by atoms with Gasteiger partial charge in [0, 0.05) is 11.3 Å². The minimum Gasteiger partial charge on any atom is -0.480 e. The molecule has 2 aliphatic heterocycles. The zero-order valence-electron chi connectivity index (χ0n) is 17.6. The zero-order valence-corrected chi connectivity index (χ0v) is 18.4. The van der Waals surface area contributed by atoms with Gasteiger partial charge in [-0.05, 0) is 26.3 Å². The van der Waals surface area contributed by atoms with Crippen LogP contribution in [0.25, 0.3) is 0 Å². The Morgan fingerprint density at radius 3 is 2.48 bits per heavy atom. The predicted molar refractivity (Wildman–Crippen MR) is 112 cm³/mol. The molecule has 2 amide bonds. The zero-order chi connectivity index (χ0) is 22.9. The summed E-state index contributed by atoms with van der Waals surface area (Å²) in [5, 5.41) is 19.7. The number of benzene rings is 1. The number of carboxylic acid groups (broad SMARTS) is 1. The smallest absolute Gasteiger partial charge is 0.327 e. The van der Waals surface area contributed by atoms with Gasteiger partial charge in [0.25, 0.3) is 5.91 Å². The molecule has 10 heteroatoms. The Kier molecular flexibility index (Phi) is 6.61. The van der Waals surface area contributed by atoms with E-state index in [1.807, 2.05) is 6.07 Å². The van der Waals surface area contributed by atoms with Crippen LogP contribution in [0.2, 0.25) is 0 Å². The lowest BCUT2D eigenvalue weighted by Gasteiger charge is -2.45. The minimum atomic E-state index is -1.69. The lowest BCUT2D eigenvalue weighted by molar-refractivity contribution is -0.174. The summed E-state index contributed by atoms with van der Waals surface area (Å²) in [6, 6.07) is 7.91. The Labute approximate surface area is 184 Å². The largest absolute Gasteiger partial charge is 0.480 e. The van der Waals surface area contributed by atoms with Crippen LogP contribution < -0.4 is 0 Å². The Hall–Kier alpha value is -2.59. The average Bonchev–Trinajstić information content (AvgIpc) is 2.95. The monoisotopic (exact) mass is 450 g/mol. The lowest BCUT2D eigenvalue weighted by atomic mass is 9.87. The van der Waals surface area contributed by atoms with Gasteiger partial charge in [-0.1, -0.05) is 30.3 Å². The Bertz CT molecular complexity index is 876. The van der Waals surface area contributed by atoms with E-state index in [2.05, 4.69) is 0 Å². The molecule has 2 saturated heterocycles. The number of aliphatic carboxylic acids is 1. The normalized spacial score (nSPS) is 24.7. The molecule has 0 aliphatic carbocycles. The number of fused-ring (bicyclic) bond motifs is 1. The molecule has 4 atom stereocenters. The Morgan fingerprint density at radius 2 is 1.90 bits per heavy atom. The van der Waals surface area contributed by atoms with E-state index < -0.39 is 51.9 Å². The number of hydrogen-bond donors (Lipinski definition) is 2. The number of rotatable bonds is 8. The van der Waals surface area contributed by atoms with Crippen LogP contribution in [0.1, 0.15) is 26.3 Å². The molecule has 31 heavy (non-hydrogen) atoms. The average molecular weight is 451 g/mol. The van der Waals surface area contributed by atoms with Crippen LogP contribution in [0.3, 0.4) is 0 Å². The molecule has 9 nitrogen and oxygen atoms in total. The number of ether oxygens (including phenoxy) is 1. The second-order valence-electron chi connectivity index (χ2n) is 8.05. The van der Waals surface area contributed by atoms with Crippen molar-refractivity contribution in [1.29, 1.82) is 0 Å². The van der Waals surface area contributed by atoms with Gasteiger partial charge in [-0.2, -0.15) is 0 Å². The molecule has 0 unspecified atom stereocenters. The van der Waals surface area contributed by atoms with Crippen LogP contribution in [0.4, 0.5) is 0 Å². The van der Waals surface area contributed by atoms with E-state index in [1.54, 1.807) is 45.0 Å². The van der Waals surface area contributed by atoms with Gasteiger partial charge in [0.05, 0.1) is 12.0 Å². The summed E-state index contributed by atoms with van der Waals surface area (Å²) < 4.78 is 4.17. The van der Waals surface area contributed by atoms with Crippen molar-refractivity contribution in [3.8, 4) is 0 Å². The van der Waals surface area contributed by atoms with Crippen molar-refractivity contribution in [2.45, 2.75) is 49.6 Å². The van der Waals surface area contributed by atoms with Gasteiger partial charge in [-0.3, -0.25) is 14.4 Å². The fourth-order valence-electron chi connectivity index (χ4n) is 4.05. The highest BCUT2D eigenvalue weighted by atomic mass is 32.2. The van der Waals surface area contributed by atoms with Crippen molar-refractivity contribution in [2.75, 3.05) is 13.2 Å². The van der Waals surface area contributed by atoms with Crippen LogP contribution in [0.15, 0.2) is 30.3 Å². The molecule has 168 valence electrons. The molecule has 2 N–H and O–H groups in total. The number of carbonyl (C=O) groups excluding carboxylic acids is 3. The van der Waals surface area contributed by atoms with Crippen LogP contribution in [-0.4, -0.2) is 79.2 Å². The molecule has 2 fully saturated rings. The van der Waals surface area contributed by atoms with E-state index in [0.717, 1.165) is 10.5 Å². The van der Waals surface area contributed by atoms with E-state index >= 15 is 0 Å².